The first kappa shape index (κ1) is 10.1. The zero-order chi connectivity index (χ0) is 10.7. The van der Waals surface area contributed by atoms with Crippen LogP contribution in [0.2, 0.25) is 0 Å². The van der Waals surface area contributed by atoms with Crippen molar-refractivity contribution in [2.45, 2.75) is 12.4 Å². The van der Waals surface area contributed by atoms with E-state index in [0.29, 0.717) is 18.4 Å². The summed E-state index contributed by atoms with van der Waals surface area (Å²) in [6.07, 6.45) is 3.20. The van der Waals surface area contributed by atoms with E-state index in [0.717, 1.165) is 11.5 Å². The summed E-state index contributed by atoms with van der Waals surface area (Å²) in [5.41, 5.74) is 0.734. The van der Waals surface area contributed by atoms with Crippen LogP contribution in [0.3, 0.4) is 0 Å². The number of nitrogens with zero attached hydrogens (tertiary/aromatic N) is 2. The number of anilines is 1. The van der Waals surface area contributed by atoms with Crippen LogP contribution in [0.4, 0.5) is 6.01 Å². The van der Waals surface area contributed by atoms with Crippen molar-refractivity contribution < 1.29 is 8.83 Å². The molecule has 0 bridgehead atoms. The lowest BCUT2D eigenvalue weighted by molar-refractivity contribution is 0.488. The maximum Gasteiger partial charge on any atom is 0.297 e. The van der Waals surface area contributed by atoms with E-state index in [-0.39, 0.29) is 0 Å². The van der Waals surface area contributed by atoms with Gasteiger partial charge in [0.2, 0.25) is 0 Å². The molecule has 0 amide bonds. The van der Waals surface area contributed by atoms with Crippen LogP contribution in [0.15, 0.2) is 33.5 Å². The van der Waals surface area contributed by atoms with Crippen LogP contribution in [-0.2, 0) is 12.4 Å². The lowest BCUT2D eigenvalue weighted by Gasteiger charge is -2.11. The number of aromatic nitrogens is 1. The summed E-state index contributed by atoms with van der Waals surface area (Å²) in [6.45, 7) is 0.620. The second kappa shape index (κ2) is 4.40. The van der Waals surface area contributed by atoms with Crippen LogP contribution >= 0.6 is 11.6 Å². The van der Waals surface area contributed by atoms with Crippen molar-refractivity contribution >= 4 is 17.6 Å². The molecule has 2 rings (SSSR count). The van der Waals surface area contributed by atoms with Crippen LogP contribution in [0, 0.1) is 0 Å². The van der Waals surface area contributed by atoms with Gasteiger partial charge in [0.25, 0.3) is 6.01 Å². The Balaban J connectivity index is 2.04. The van der Waals surface area contributed by atoms with E-state index < -0.39 is 0 Å². The molecule has 0 aliphatic rings. The molecular weight excluding hydrogens is 216 g/mol. The maximum atomic E-state index is 5.63. The normalized spacial score (nSPS) is 10.5. The molecule has 4 nitrogen and oxygen atoms in total. The molecule has 2 aromatic heterocycles. The molecule has 0 aliphatic heterocycles. The van der Waals surface area contributed by atoms with Crippen LogP contribution in [0.1, 0.15) is 11.5 Å². The highest BCUT2D eigenvalue weighted by atomic mass is 35.5. The summed E-state index contributed by atoms with van der Waals surface area (Å²) >= 11 is 5.63. The molecule has 80 valence electrons. The Labute approximate surface area is 92.5 Å². The van der Waals surface area contributed by atoms with Gasteiger partial charge in [0.05, 0.1) is 24.4 Å². The first-order chi connectivity index (χ1) is 7.29. The predicted octanol–water partition coefficient (Wildman–Crippen LogP) is 2.64. The van der Waals surface area contributed by atoms with Gasteiger partial charge in [-0.3, -0.25) is 0 Å². The molecule has 5 heteroatoms. The molecule has 0 aromatic carbocycles. The second-order valence-electron chi connectivity index (χ2n) is 3.19. The number of hydrogen-bond acceptors (Lipinski definition) is 4. The topological polar surface area (TPSA) is 42.4 Å². The van der Waals surface area contributed by atoms with Gasteiger partial charge < -0.3 is 13.7 Å². The molecule has 0 saturated heterocycles. The molecule has 2 heterocycles. The number of rotatable bonds is 4. The highest BCUT2D eigenvalue weighted by Gasteiger charge is 2.09. The van der Waals surface area contributed by atoms with Crippen molar-refractivity contribution in [3.05, 3.63) is 36.1 Å². The average Bonchev–Trinajstić information content (AvgIpc) is 2.86. The minimum Gasteiger partial charge on any atom is -0.467 e. The Morgan fingerprint density at radius 3 is 2.93 bits per heavy atom. The highest BCUT2D eigenvalue weighted by molar-refractivity contribution is 6.16. The minimum absolute atomic E-state index is 0.359. The molecular formula is C10H11ClN2O2. The molecule has 0 aliphatic carbocycles. The van der Waals surface area contributed by atoms with E-state index in [2.05, 4.69) is 4.98 Å². The van der Waals surface area contributed by atoms with Crippen LogP contribution in [0.5, 0.6) is 0 Å². The largest absolute Gasteiger partial charge is 0.467 e. The monoisotopic (exact) mass is 226 g/mol. The molecule has 0 atom stereocenters. The number of alkyl halides is 1. The molecule has 0 fully saturated rings. The van der Waals surface area contributed by atoms with Crippen molar-refractivity contribution in [1.29, 1.82) is 0 Å². The molecule has 0 spiro atoms. The lowest BCUT2D eigenvalue weighted by atomic mass is 10.4. The first-order valence-electron chi connectivity index (χ1n) is 4.53. The van der Waals surface area contributed by atoms with Gasteiger partial charge in [0, 0.05) is 7.05 Å². The number of hydrogen-bond donors (Lipinski definition) is 0. The Kier molecular flexibility index (Phi) is 2.97. The van der Waals surface area contributed by atoms with E-state index in [4.69, 9.17) is 20.4 Å². The first-order valence-corrected chi connectivity index (χ1v) is 5.07. The van der Waals surface area contributed by atoms with Crippen molar-refractivity contribution in [2.24, 2.45) is 0 Å². The Hall–Kier alpha value is -1.42. The van der Waals surface area contributed by atoms with Gasteiger partial charge in [-0.15, -0.1) is 11.6 Å². The van der Waals surface area contributed by atoms with Gasteiger partial charge >= 0.3 is 0 Å². The van der Waals surface area contributed by atoms with E-state index >= 15 is 0 Å². The van der Waals surface area contributed by atoms with Crippen LogP contribution in [-0.4, -0.2) is 12.0 Å². The van der Waals surface area contributed by atoms with Crippen molar-refractivity contribution in [3.63, 3.8) is 0 Å². The summed E-state index contributed by atoms with van der Waals surface area (Å²) in [5, 5.41) is 0. The summed E-state index contributed by atoms with van der Waals surface area (Å²) < 4.78 is 10.5. The Morgan fingerprint density at radius 2 is 2.33 bits per heavy atom. The zero-order valence-corrected chi connectivity index (χ0v) is 9.07. The second-order valence-corrected chi connectivity index (χ2v) is 3.46. The summed E-state index contributed by atoms with van der Waals surface area (Å²) in [7, 11) is 1.88. The van der Waals surface area contributed by atoms with Crippen LogP contribution < -0.4 is 4.90 Å². The molecule has 0 unspecified atom stereocenters. The fourth-order valence-corrected chi connectivity index (χ4v) is 1.36. The summed E-state index contributed by atoms with van der Waals surface area (Å²) in [6, 6.07) is 4.30. The lowest BCUT2D eigenvalue weighted by Crippen LogP contribution is -2.16. The summed E-state index contributed by atoms with van der Waals surface area (Å²) in [5.74, 6) is 1.22. The molecule has 0 radical (unpaired) electrons. The summed E-state index contributed by atoms with van der Waals surface area (Å²) in [4.78, 5) is 6.05. The van der Waals surface area contributed by atoms with E-state index in [1.165, 1.54) is 0 Å². The third-order valence-electron chi connectivity index (χ3n) is 1.98. The minimum atomic E-state index is 0.359. The third-order valence-corrected chi connectivity index (χ3v) is 2.25. The number of oxazole rings is 1. The van der Waals surface area contributed by atoms with E-state index in [9.17, 15) is 0 Å². The highest BCUT2D eigenvalue weighted by Crippen LogP contribution is 2.15. The molecule has 0 saturated carbocycles. The van der Waals surface area contributed by atoms with Gasteiger partial charge in [0.1, 0.15) is 12.0 Å². The SMILES string of the molecule is CN(Cc1ccco1)c1nc(CCl)co1. The van der Waals surface area contributed by atoms with Crippen LogP contribution in [0.25, 0.3) is 0 Å². The fraction of sp³-hybridized carbons (Fsp3) is 0.300. The van der Waals surface area contributed by atoms with Crippen molar-refractivity contribution in [3.8, 4) is 0 Å². The number of furan rings is 1. The molecule has 15 heavy (non-hydrogen) atoms. The number of halogens is 1. The van der Waals surface area contributed by atoms with E-state index in [1.54, 1.807) is 12.5 Å². The third kappa shape index (κ3) is 2.33. The van der Waals surface area contributed by atoms with Crippen molar-refractivity contribution in [1.82, 2.24) is 4.98 Å². The van der Waals surface area contributed by atoms with Gasteiger partial charge in [-0.2, -0.15) is 4.98 Å². The van der Waals surface area contributed by atoms with Crippen molar-refractivity contribution in [2.75, 3.05) is 11.9 Å². The van der Waals surface area contributed by atoms with E-state index in [1.807, 2.05) is 24.1 Å². The Morgan fingerprint density at radius 1 is 1.47 bits per heavy atom. The quantitative estimate of drug-likeness (QED) is 0.752. The maximum absolute atomic E-state index is 5.63. The van der Waals surface area contributed by atoms with Gasteiger partial charge in [-0.05, 0) is 12.1 Å². The standard InChI is InChI=1S/C10H11ClN2O2/c1-13(6-9-3-2-4-14-9)10-12-8(5-11)7-15-10/h2-4,7H,5-6H2,1H3. The molecule has 2 aromatic rings. The van der Waals surface area contributed by atoms with Gasteiger partial charge in [-0.1, -0.05) is 0 Å². The van der Waals surface area contributed by atoms with Gasteiger partial charge in [-0.25, -0.2) is 0 Å². The van der Waals surface area contributed by atoms with Gasteiger partial charge in [0.15, 0.2) is 0 Å². The Bertz CT molecular complexity index is 411. The fourth-order valence-electron chi connectivity index (χ4n) is 1.24. The predicted molar refractivity (Wildman–Crippen MR) is 56.9 cm³/mol. The zero-order valence-electron chi connectivity index (χ0n) is 8.31. The molecule has 0 N–H and O–H groups in total. The average molecular weight is 227 g/mol. The smallest absolute Gasteiger partial charge is 0.297 e.